The van der Waals surface area contributed by atoms with Crippen LogP contribution >= 0.6 is 0 Å². The second kappa shape index (κ2) is 7.92. The van der Waals surface area contributed by atoms with E-state index in [1.165, 1.54) is 43.5 Å². The molecule has 1 amide bonds. The number of ketones is 1. The topological polar surface area (TPSA) is 55.4 Å². The van der Waals surface area contributed by atoms with Gasteiger partial charge in [-0.3, -0.25) is 9.59 Å². The van der Waals surface area contributed by atoms with Crippen molar-refractivity contribution >= 4 is 11.7 Å². The lowest BCUT2D eigenvalue weighted by Crippen LogP contribution is -2.35. The van der Waals surface area contributed by atoms with E-state index in [4.69, 9.17) is 4.74 Å². The smallest absolute Gasteiger partial charge is 0.257 e. The van der Waals surface area contributed by atoms with E-state index in [2.05, 4.69) is 5.32 Å². The van der Waals surface area contributed by atoms with Crippen LogP contribution in [0.15, 0.2) is 48.5 Å². The molecule has 0 aromatic heterocycles. The Hall–Kier alpha value is -2.69. The highest BCUT2D eigenvalue weighted by molar-refractivity contribution is 6.09. The van der Waals surface area contributed by atoms with Gasteiger partial charge in [0.1, 0.15) is 11.6 Å². The average Bonchev–Trinajstić information content (AvgIpc) is 2.59. The van der Waals surface area contributed by atoms with E-state index in [1.807, 2.05) is 0 Å². The summed E-state index contributed by atoms with van der Waals surface area (Å²) in [5.41, 5.74) is 0.902. The predicted molar refractivity (Wildman–Crippen MR) is 92.1 cm³/mol. The molecule has 5 heteroatoms. The van der Waals surface area contributed by atoms with E-state index < -0.39 is 0 Å². The second-order valence-corrected chi connectivity index (χ2v) is 6.25. The van der Waals surface area contributed by atoms with Crippen LogP contribution in [0.3, 0.4) is 0 Å². The Labute approximate surface area is 146 Å². The van der Waals surface area contributed by atoms with Gasteiger partial charge in [-0.05, 0) is 67.3 Å². The number of rotatable bonds is 7. The van der Waals surface area contributed by atoms with Gasteiger partial charge in [0.05, 0.1) is 0 Å². The molecule has 1 fully saturated rings. The first-order chi connectivity index (χ1) is 12.1. The Kier molecular flexibility index (Phi) is 5.43. The lowest BCUT2D eigenvalue weighted by molar-refractivity contribution is -0.123. The number of hydrogen-bond donors (Lipinski definition) is 1. The van der Waals surface area contributed by atoms with Crippen LogP contribution in [0.5, 0.6) is 5.75 Å². The predicted octanol–water partition coefficient (Wildman–Crippen LogP) is 3.35. The van der Waals surface area contributed by atoms with Crippen LogP contribution in [0.4, 0.5) is 4.39 Å². The third kappa shape index (κ3) is 4.66. The molecule has 0 radical (unpaired) electrons. The molecule has 0 heterocycles. The lowest BCUT2D eigenvalue weighted by Gasteiger charge is -2.25. The van der Waals surface area contributed by atoms with Crippen molar-refractivity contribution in [3.8, 4) is 5.75 Å². The molecule has 0 spiro atoms. The van der Waals surface area contributed by atoms with Gasteiger partial charge in [-0.15, -0.1) is 0 Å². The van der Waals surface area contributed by atoms with E-state index in [0.29, 0.717) is 29.3 Å². The number of nitrogens with one attached hydrogen (secondary N) is 1. The Bertz CT molecular complexity index is 737. The monoisotopic (exact) mass is 341 g/mol. The molecule has 1 aliphatic rings. The Morgan fingerprint density at radius 1 is 1.00 bits per heavy atom. The van der Waals surface area contributed by atoms with Crippen molar-refractivity contribution in [3.05, 3.63) is 65.5 Å². The summed E-state index contributed by atoms with van der Waals surface area (Å²) in [5.74, 6) is 0.425. The molecule has 4 nitrogen and oxygen atoms in total. The molecule has 2 aromatic carbocycles. The van der Waals surface area contributed by atoms with Crippen molar-refractivity contribution in [1.29, 1.82) is 0 Å². The van der Waals surface area contributed by atoms with Crippen LogP contribution in [-0.2, 0) is 4.79 Å². The summed E-state index contributed by atoms with van der Waals surface area (Å²) in [4.78, 5) is 24.0. The molecule has 0 aliphatic heterocycles. The lowest BCUT2D eigenvalue weighted by atomic mass is 9.85. The van der Waals surface area contributed by atoms with Gasteiger partial charge in [-0.1, -0.05) is 6.42 Å². The Morgan fingerprint density at radius 3 is 2.16 bits per heavy atom. The van der Waals surface area contributed by atoms with E-state index in [1.54, 1.807) is 24.3 Å². The zero-order valence-electron chi connectivity index (χ0n) is 13.8. The van der Waals surface area contributed by atoms with E-state index in [0.717, 1.165) is 0 Å². The van der Waals surface area contributed by atoms with Gasteiger partial charge in [0, 0.05) is 17.7 Å². The molecular weight excluding hydrogens is 321 g/mol. The maximum atomic E-state index is 12.9. The summed E-state index contributed by atoms with van der Waals surface area (Å²) in [6, 6.07) is 12.0. The Balaban J connectivity index is 1.50. The summed E-state index contributed by atoms with van der Waals surface area (Å²) in [6.07, 6.45) is 3.62. The summed E-state index contributed by atoms with van der Waals surface area (Å²) in [5, 5.41) is 2.86. The van der Waals surface area contributed by atoms with E-state index in [-0.39, 0.29) is 24.1 Å². The van der Waals surface area contributed by atoms with Crippen LogP contribution in [0, 0.1) is 11.7 Å². The zero-order valence-corrected chi connectivity index (χ0v) is 13.8. The number of carbonyl (C=O) groups excluding carboxylic acids is 2. The van der Waals surface area contributed by atoms with Crippen LogP contribution in [0.1, 0.15) is 35.2 Å². The van der Waals surface area contributed by atoms with Crippen LogP contribution in [-0.4, -0.2) is 24.8 Å². The molecule has 0 unspecified atom stereocenters. The van der Waals surface area contributed by atoms with Crippen LogP contribution in [0.25, 0.3) is 0 Å². The minimum Gasteiger partial charge on any atom is -0.484 e. The fraction of sp³-hybridized carbons (Fsp3) is 0.300. The third-order valence-corrected chi connectivity index (χ3v) is 4.41. The number of ether oxygens (including phenoxy) is 1. The minimum absolute atomic E-state index is 0.0437. The molecule has 130 valence electrons. The quantitative estimate of drug-likeness (QED) is 0.786. The first-order valence-corrected chi connectivity index (χ1v) is 8.41. The summed E-state index contributed by atoms with van der Waals surface area (Å²) >= 11 is 0. The van der Waals surface area contributed by atoms with Gasteiger partial charge < -0.3 is 10.1 Å². The summed E-state index contributed by atoms with van der Waals surface area (Å²) < 4.78 is 18.4. The third-order valence-electron chi connectivity index (χ3n) is 4.41. The molecule has 2 aromatic rings. The SMILES string of the molecule is O=C(COc1ccc(C(=O)c2ccc(F)cc2)cc1)NCC1CCC1. The van der Waals surface area contributed by atoms with Gasteiger partial charge in [0.15, 0.2) is 12.4 Å². The highest BCUT2D eigenvalue weighted by Gasteiger charge is 2.17. The van der Waals surface area contributed by atoms with Crippen molar-refractivity contribution in [1.82, 2.24) is 5.32 Å². The van der Waals surface area contributed by atoms with Crippen molar-refractivity contribution in [3.63, 3.8) is 0 Å². The van der Waals surface area contributed by atoms with E-state index in [9.17, 15) is 14.0 Å². The molecule has 0 saturated heterocycles. The zero-order chi connectivity index (χ0) is 17.6. The fourth-order valence-electron chi connectivity index (χ4n) is 2.63. The molecular formula is C20H20FNO3. The average molecular weight is 341 g/mol. The maximum Gasteiger partial charge on any atom is 0.257 e. The molecule has 1 aliphatic carbocycles. The maximum absolute atomic E-state index is 12.9. The summed E-state index contributed by atoms with van der Waals surface area (Å²) in [7, 11) is 0. The highest BCUT2D eigenvalue weighted by Crippen LogP contribution is 2.25. The number of amides is 1. The molecule has 1 N–H and O–H groups in total. The largest absolute Gasteiger partial charge is 0.484 e. The standard InChI is InChI=1S/C20H20FNO3/c21-17-8-4-15(5-9-17)20(24)16-6-10-18(11-7-16)25-13-19(23)22-12-14-2-1-3-14/h4-11,14H,1-3,12-13H2,(H,22,23). The van der Waals surface area contributed by atoms with Gasteiger partial charge in [-0.2, -0.15) is 0 Å². The fourth-order valence-corrected chi connectivity index (χ4v) is 2.63. The first-order valence-electron chi connectivity index (χ1n) is 8.41. The number of halogens is 1. The van der Waals surface area contributed by atoms with Crippen molar-refractivity contribution < 1.29 is 18.7 Å². The highest BCUT2D eigenvalue weighted by atomic mass is 19.1. The van der Waals surface area contributed by atoms with E-state index >= 15 is 0 Å². The van der Waals surface area contributed by atoms with Crippen molar-refractivity contribution in [2.24, 2.45) is 5.92 Å². The normalized spacial score (nSPS) is 13.8. The summed E-state index contributed by atoms with van der Waals surface area (Å²) in [6.45, 7) is 0.672. The molecule has 1 saturated carbocycles. The van der Waals surface area contributed by atoms with Gasteiger partial charge in [0.25, 0.3) is 5.91 Å². The Morgan fingerprint density at radius 2 is 1.60 bits per heavy atom. The van der Waals surface area contributed by atoms with Gasteiger partial charge >= 0.3 is 0 Å². The molecule has 25 heavy (non-hydrogen) atoms. The molecule has 0 bridgehead atoms. The first kappa shape index (κ1) is 17.1. The van der Waals surface area contributed by atoms with Gasteiger partial charge in [-0.25, -0.2) is 4.39 Å². The number of carbonyl (C=O) groups is 2. The minimum atomic E-state index is -0.379. The van der Waals surface area contributed by atoms with Gasteiger partial charge in [0.2, 0.25) is 0 Å². The van der Waals surface area contributed by atoms with Crippen LogP contribution in [0.2, 0.25) is 0 Å². The number of hydrogen-bond acceptors (Lipinski definition) is 3. The van der Waals surface area contributed by atoms with Crippen molar-refractivity contribution in [2.75, 3.05) is 13.2 Å². The second-order valence-electron chi connectivity index (χ2n) is 6.25. The molecule has 0 atom stereocenters. The van der Waals surface area contributed by atoms with Crippen LogP contribution < -0.4 is 10.1 Å². The van der Waals surface area contributed by atoms with Crippen molar-refractivity contribution in [2.45, 2.75) is 19.3 Å². The molecule has 3 rings (SSSR count). The number of benzene rings is 2.